The maximum absolute atomic E-state index is 5.85. The third kappa shape index (κ3) is 3.03. The molecular formula is C15H18N2O2. The Morgan fingerprint density at radius 2 is 1.89 bits per heavy atom. The van der Waals surface area contributed by atoms with Gasteiger partial charge in [-0.15, -0.1) is 0 Å². The van der Waals surface area contributed by atoms with Crippen LogP contribution in [-0.2, 0) is 22.4 Å². The first-order valence-electron chi connectivity index (χ1n) is 6.66. The molecule has 1 aromatic heterocycles. The molecule has 0 N–H and O–H groups in total. The fraction of sp³-hybridized carbons (Fsp3) is 0.400. The van der Waals surface area contributed by atoms with Gasteiger partial charge in [-0.05, 0) is 18.1 Å². The van der Waals surface area contributed by atoms with E-state index in [4.69, 9.17) is 9.47 Å². The van der Waals surface area contributed by atoms with Crippen molar-refractivity contribution in [2.75, 3.05) is 13.2 Å². The Kier molecular flexibility index (Phi) is 3.62. The van der Waals surface area contributed by atoms with Crippen LogP contribution in [0.3, 0.4) is 0 Å². The molecule has 4 nitrogen and oxygen atoms in total. The third-order valence-corrected chi connectivity index (χ3v) is 3.41. The van der Waals surface area contributed by atoms with Gasteiger partial charge in [0.1, 0.15) is 0 Å². The Morgan fingerprint density at radius 1 is 1.11 bits per heavy atom. The average Bonchev–Trinajstić information content (AvgIpc) is 3.11. The number of aromatic nitrogens is 2. The Labute approximate surface area is 113 Å². The lowest BCUT2D eigenvalue weighted by Crippen LogP contribution is -2.36. The van der Waals surface area contributed by atoms with Crippen molar-refractivity contribution in [1.29, 1.82) is 0 Å². The second-order valence-electron chi connectivity index (χ2n) is 4.80. The van der Waals surface area contributed by atoms with Crippen LogP contribution in [0.25, 0.3) is 0 Å². The minimum absolute atomic E-state index is 0.526. The molecule has 1 fully saturated rings. The minimum atomic E-state index is -0.526. The van der Waals surface area contributed by atoms with Crippen molar-refractivity contribution in [2.45, 2.75) is 25.2 Å². The van der Waals surface area contributed by atoms with Crippen LogP contribution in [0.1, 0.15) is 12.0 Å². The van der Waals surface area contributed by atoms with Crippen molar-refractivity contribution in [2.24, 2.45) is 0 Å². The molecule has 0 spiro atoms. The molecule has 4 heteroatoms. The van der Waals surface area contributed by atoms with Crippen molar-refractivity contribution in [3.8, 4) is 0 Å². The van der Waals surface area contributed by atoms with Gasteiger partial charge in [0.05, 0.1) is 19.8 Å². The van der Waals surface area contributed by atoms with Gasteiger partial charge in [0.25, 0.3) is 0 Å². The van der Waals surface area contributed by atoms with Gasteiger partial charge in [-0.25, -0.2) is 0 Å². The van der Waals surface area contributed by atoms with Crippen LogP contribution in [0.15, 0.2) is 48.8 Å². The summed E-state index contributed by atoms with van der Waals surface area (Å²) in [7, 11) is 0. The summed E-state index contributed by atoms with van der Waals surface area (Å²) in [6.45, 7) is 1.97. The van der Waals surface area contributed by atoms with E-state index in [0.29, 0.717) is 19.8 Å². The van der Waals surface area contributed by atoms with Crippen LogP contribution in [0.4, 0.5) is 0 Å². The zero-order valence-electron chi connectivity index (χ0n) is 10.9. The molecule has 2 heterocycles. The Hall–Kier alpha value is -1.65. The summed E-state index contributed by atoms with van der Waals surface area (Å²) in [5.74, 6) is -0.526. The molecule has 0 bridgehead atoms. The van der Waals surface area contributed by atoms with Crippen LogP contribution >= 0.6 is 0 Å². The average molecular weight is 258 g/mol. The van der Waals surface area contributed by atoms with E-state index in [9.17, 15) is 0 Å². The van der Waals surface area contributed by atoms with E-state index in [1.807, 2.05) is 23.0 Å². The zero-order valence-corrected chi connectivity index (χ0v) is 10.9. The number of hydrogen-bond donors (Lipinski definition) is 0. The molecule has 1 saturated heterocycles. The van der Waals surface area contributed by atoms with E-state index in [1.165, 1.54) is 5.56 Å². The highest BCUT2D eigenvalue weighted by Crippen LogP contribution is 2.27. The lowest BCUT2D eigenvalue weighted by atomic mass is 10.0. The number of benzene rings is 1. The lowest BCUT2D eigenvalue weighted by molar-refractivity contribution is -0.173. The molecule has 2 aromatic rings. The fourth-order valence-electron chi connectivity index (χ4n) is 2.43. The molecule has 3 rings (SSSR count). The van der Waals surface area contributed by atoms with Gasteiger partial charge in [-0.3, -0.25) is 4.68 Å². The Morgan fingerprint density at radius 3 is 2.58 bits per heavy atom. The van der Waals surface area contributed by atoms with Gasteiger partial charge in [0, 0.05) is 18.8 Å². The maximum atomic E-state index is 5.85. The van der Waals surface area contributed by atoms with E-state index in [0.717, 1.165) is 12.8 Å². The van der Waals surface area contributed by atoms with Gasteiger partial charge in [0.2, 0.25) is 0 Å². The highest BCUT2D eigenvalue weighted by atomic mass is 16.7. The molecule has 100 valence electrons. The van der Waals surface area contributed by atoms with Gasteiger partial charge >= 0.3 is 0 Å². The molecule has 0 amide bonds. The van der Waals surface area contributed by atoms with Gasteiger partial charge in [-0.1, -0.05) is 30.3 Å². The van der Waals surface area contributed by atoms with Crippen molar-refractivity contribution >= 4 is 0 Å². The number of aryl methyl sites for hydroxylation is 1. The van der Waals surface area contributed by atoms with Gasteiger partial charge in [-0.2, -0.15) is 5.10 Å². The van der Waals surface area contributed by atoms with Gasteiger partial charge in [0.15, 0.2) is 5.79 Å². The van der Waals surface area contributed by atoms with Crippen LogP contribution in [0, 0.1) is 0 Å². The smallest absolute Gasteiger partial charge is 0.188 e. The molecule has 0 saturated carbocycles. The van der Waals surface area contributed by atoms with Crippen LogP contribution < -0.4 is 0 Å². The molecule has 0 radical (unpaired) electrons. The molecule has 1 aliphatic rings. The predicted molar refractivity (Wildman–Crippen MR) is 71.6 cm³/mol. The first-order valence-corrected chi connectivity index (χ1v) is 6.66. The normalized spacial score (nSPS) is 17.7. The summed E-state index contributed by atoms with van der Waals surface area (Å²) in [5.41, 5.74) is 1.31. The Balaban J connectivity index is 1.67. The number of ether oxygens (including phenoxy) is 2. The van der Waals surface area contributed by atoms with Crippen molar-refractivity contribution in [1.82, 2.24) is 9.78 Å². The molecule has 0 atom stereocenters. The largest absolute Gasteiger partial charge is 0.346 e. The van der Waals surface area contributed by atoms with E-state index >= 15 is 0 Å². The van der Waals surface area contributed by atoms with Crippen LogP contribution in [0.5, 0.6) is 0 Å². The summed E-state index contributed by atoms with van der Waals surface area (Å²) in [6, 6.07) is 12.3. The minimum Gasteiger partial charge on any atom is -0.346 e. The fourth-order valence-corrected chi connectivity index (χ4v) is 2.43. The van der Waals surface area contributed by atoms with E-state index in [-0.39, 0.29) is 0 Å². The molecule has 0 aliphatic carbocycles. The first kappa shape index (κ1) is 12.4. The molecule has 1 aromatic carbocycles. The molecule has 0 unspecified atom stereocenters. The second-order valence-corrected chi connectivity index (χ2v) is 4.80. The van der Waals surface area contributed by atoms with Gasteiger partial charge < -0.3 is 9.47 Å². The van der Waals surface area contributed by atoms with Crippen molar-refractivity contribution < 1.29 is 9.47 Å². The number of nitrogens with zero attached hydrogens (tertiary/aromatic N) is 2. The SMILES string of the molecule is c1ccc(CCC2(Cn3cccn3)OCCO2)cc1. The summed E-state index contributed by atoms with van der Waals surface area (Å²) in [4.78, 5) is 0. The van der Waals surface area contributed by atoms with Crippen LogP contribution in [0.2, 0.25) is 0 Å². The lowest BCUT2D eigenvalue weighted by Gasteiger charge is -2.27. The van der Waals surface area contributed by atoms with Crippen molar-refractivity contribution in [3.63, 3.8) is 0 Å². The predicted octanol–water partition coefficient (Wildman–Crippen LogP) is 2.26. The highest BCUT2D eigenvalue weighted by molar-refractivity contribution is 5.15. The zero-order chi connectivity index (χ0) is 13.0. The molecule has 19 heavy (non-hydrogen) atoms. The quantitative estimate of drug-likeness (QED) is 0.825. The monoisotopic (exact) mass is 258 g/mol. The standard InChI is InChI=1S/C15H18N2O2/c1-2-5-14(6-3-1)7-8-15(18-11-12-19-15)13-17-10-4-9-16-17/h1-6,9-10H,7-8,11-13H2. The van der Waals surface area contributed by atoms with Crippen molar-refractivity contribution in [3.05, 3.63) is 54.4 Å². The molecular weight excluding hydrogens is 240 g/mol. The maximum Gasteiger partial charge on any atom is 0.188 e. The van der Waals surface area contributed by atoms with E-state index in [1.54, 1.807) is 6.20 Å². The topological polar surface area (TPSA) is 36.3 Å². The summed E-state index contributed by atoms with van der Waals surface area (Å²) in [5, 5.41) is 4.24. The second kappa shape index (κ2) is 5.55. The molecule has 1 aliphatic heterocycles. The first-order chi connectivity index (χ1) is 9.36. The highest BCUT2D eigenvalue weighted by Gasteiger charge is 2.36. The van der Waals surface area contributed by atoms with E-state index < -0.39 is 5.79 Å². The van der Waals surface area contributed by atoms with E-state index in [2.05, 4.69) is 29.4 Å². The Bertz CT molecular complexity index is 490. The summed E-state index contributed by atoms with van der Waals surface area (Å²) >= 11 is 0. The third-order valence-electron chi connectivity index (χ3n) is 3.41. The number of hydrogen-bond acceptors (Lipinski definition) is 3. The number of rotatable bonds is 5. The van der Waals surface area contributed by atoms with Crippen LogP contribution in [-0.4, -0.2) is 28.8 Å². The summed E-state index contributed by atoms with van der Waals surface area (Å²) in [6.07, 6.45) is 5.51. The summed E-state index contributed by atoms with van der Waals surface area (Å²) < 4.78 is 13.6.